The molecule has 27 heavy (non-hydrogen) atoms. The normalized spacial score (nSPS) is 9.93. The Kier molecular flexibility index (Phi) is 8.20. The highest BCUT2D eigenvalue weighted by atomic mass is 32.2. The van der Waals surface area contributed by atoms with Gasteiger partial charge in [0.15, 0.2) is 6.61 Å². The van der Waals surface area contributed by atoms with Gasteiger partial charge in [0, 0.05) is 10.6 Å². The number of anilines is 1. The molecule has 7 heteroatoms. The van der Waals surface area contributed by atoms with Crippen molar-refractivity contribution in [3.63, 3.8) is 0 Å². The van der Waals surface area contributed by atoms with Crippen molar-refractivity contribution in [2.75, 3.05) is 24.3 Å². The summed E-state index contributed by atoms with van der Waals surface area (Å²) < 4.78 is 10.3. The number of nitrogens with zero attached hydrogens (tertiary/aromatic N) is 1. The number of carbonyl (C=O) groups is 2. The number of nitriles is 1. The average molecular weight is 384 g/mol. The van der Waals surface area contributed by atoms with Crippen molar-refractivity contribution < 1.29 is 19.1 Å². The Morgan fingerprint density at radius 1 is 1.11 bits per heavy atom. The Labute approximate surface area is 162 Å². The van der Waals surface area contributed by atoms with Gasteiger partial charge in [-0.3, -0.25) is 9.59 Å². The molecule has 0 fully saturated rings. The number of hydrogen-bond acceptors (Lipinski definition) is 6. The molecule has 0 aliphatic carbocycles. The summed E-state index contributed by atoms with van der Waals surface area (Å²) in [6.07, 6.45) is 0.317. The van der Waals surface area contributed by atoms with Gasteiger partial charge in [-0.1, -0.05) is 12.1 Å². The number of ether oxygens (including phenoxy) is 2. The van der Waals surface area contributed by atoms with E-state index in [9.17, 15) is 9.59 Å². The lowest BCUT2D eigenvalue weighted by atomic mass is 10.1. The van der Waals surface area contributed by atoms with E-state index in [1.54, 1.807) is 24.3 Å². The molecule has 0 aliphatic rings. The van der Waals surface area contributed by atoms with Crippen LogP contribution in [0.1, 0.15) is 12.5 Å². The summed E-state index contributed by atoms with van der Waals surface area (Å²) in [5.74, 6) is 0.0158. The summed E-state index contributed by atoms with van der Waals surface area (Å²) in [4.78, 5) is 24.5. The maximum Gasteiger partial charge on any atom is 0.316 e. The van der Waals surface area contributed by atoms with Gasteiger partial charge in [-0.25, -0.2) is 0 Å². The van der Waals surface area contributed by atoms with Crippen LogP contribution < -0.4 is 10.1 Å². The van der Waals surface area contributed by atoms with Crippen LogP contribution in [0.2, 0.25) is 0 Å². The number of benzene rings is 2. The second-order valence-corrected chi connectivity index (χ2v) is 6.48. The van der Waals surface area contributed by atoms with E-state index in [0.717, 1.165) is 16.2 Å². The van der Waals surface area contributed by atoms with Gasteiger partial charge in [-0.2, -0.15) is 5.26 Å². The molecule has 0 unspecified atom stereocenters. The summed E-state index contributed by atoms with van der Waals surface area (Å²) >= 11 is 1.33. The van der Waals surface area contributed by atoms with Crippen LogP contribution in [0.25, 0.3) is 0 Å². The van der Waals surface area contributed by atoms with Crippen LogP contribution in [-0.4, -0.2) is 30.8 Å². The van der Waals surface area contributed by atoms with Crippen molar-refractivity contribution in [2.24, 2.45) is 0 Å². The standard InChI is InChI=1S/C20H20N2O4S/c1-2-25-17-7-9-18(10-8-17)27-14-20(24)26-13-19(23)22-16-5-3-15(4-6-16)11-12-21/h3-10H,2,11,13-14H2,1H3,(H,22,23). The van der Waals surface area contributed by atoms with E-state index in [-0.39, 0.29) is 12.4 Å². The molecule has 2 rings (SSSR count). The van der Waals surface area contributed by atoms with E-state index < -0.39 is 11.9 Å². The van der Waals surface area contributed by atoms with Crippen LogP contribution in [-0.2, 0) is 20.7 Å². The monoisotopic (exact) mass is 384 g/mol. The minimum absolute atomic E-state index is 0.115. The van der Waals surface area contributed by atoms with Crippen LogP contribution in [0.15, 0.2) is 53.4 Å². The lowest BCUT2D eigenvalue weighted by Crippen LogP contribution is -2.21. The van der Waals surface area contributed by atoms with Gasteiger partial charge in [-0.05, 0) is 48.9 Å². The molecule has 0 spiro atoms. The van der Waals surface area contributed by atoms with Gasteiger partial charge in [-0.15, -0.1) is 11.8 Å². The lowest BCUT2D eigenvalue weighted by molar-refractivity contribution is -0.144. The predicted molar refractivity (Wildman–Crippen MR) is 104 cm³/mol. The summed E-state index contributed by atoms with van der Waals surface area (Å²) in [6, 6.07) is 16.4. The fourth-order valence-electron chi connectivity index (χ4n) is 2.12. The molecule has 0 saturated heterocycles. The molecule has 0 aliphatic heterocycles. The number of carbonyl (C=O) groups excluding carboxylic acids is 2. The second kappa shape index (κ2) is 10.9. The zero-order chi connectivity index (χ0) is 19.5. The first-order valence-electron chi connectivity index (χ1n) is 8.37. The number of thioether (sulfide) groups is 1. The maximum atomic E-state index is 11.8. The third-order valence-electron chi connectivity index (χ3n) is 3.38. The molecule has 6 nitrogen and oxygen atoms in total. The summed E-state index contributed by atoms with van der Waals surface area (Å²) in [5, 5.41) is 11.3. The van der Waals surface area contributed by atoms with Gasteiger partial charge in [0.1, 0.15) is 5.75 Å². The van der Waals surface area contributed by atoms with Crippen LogP contribution in [0.3, 0.4) is 0 Å². The van der Waals surface area contributed by atoms with Crippen LogP contribution in [0, 0.1) is 11.3 Å². The van der Waals surface area contributed by atoms with Crippen molar-refractivity contribution in [3.8, 4) is 11.8 Å². The highest BCUT2D eigenvalue weighted by Crippen LogP contribution is 2.21. The summed E-state index contributed by atoms with van der Waals surface area (Å²) in [5.41, 5.74) is 1.45. The van der Waals surface area contributed by atoms with Crippen LogP contribution in [0.4, 0.5) is 5.69 Å². The van der Waals surface area contributed by atoms with Crippen LogP contribution >= 0.6 is 11.8 Å². The van der Waals surface area contributed by atoms with Crippen molar-refractivity contribution in [3.05, 3.63) is 54.1 Å². The first-order chi connectivity index (χ1) is 13.1. The number of esters is 1. The van der Waals surface area contributed by atoms with E-state index in [1.165, 1.54) is 11.8 Å². The first-order valence-corrected chi connectivity index (χ1v) is 9.36. The molecule has 1 amide bonds. The van der Waals surface area contributed by atoms with Gasteiger partial charge in [0.2, 0.25) is 0 Å². The van der Waals surface area contributed by atoms with Gasteiger partial charge < -0.3 is 14.8 Å². The second-order valence-electron chi connectivity index (χ2n) is 5.43. The number of rotatable bonds is 9. The van der Waals surface area contributed by atoms with Crippen LogP contribution in [0.5, 0.6) is 5.75 Å². The van der Waals surface area contributed by atoms with Gasteiger partial charge in [0.05, 0.1) is 24.8 Å². The van der Waals surface area contributed by atoms with Crippen molar-refractivity contribution in [1.82, 2.24) is 0 Å². The SMILES string of the molecule is CCOc1ccc(SCC(=O)OCC(=O)Nc2ccc(CC#N)cc2)cc1. The number of amides is 1. The zero-order valence-electron chi connectivity index (χ0n) is 14.9. The minimum atomic E-state index is -0.464. The molecule has 0 bridgehead atoms. The number of hydrogen-bond donors (Lipinski definition) is 1. The predicted octanol–water partition coefficient (Wildman–Crippen LogP) is 3.43. The fourth-order valence-corrected chi connectivity index (χ4v) is 2.82. The molecular formula is C20H20N2O4S. The Hall–Kier alpha value is -2.98. The smallest absolute Gasteiger partial charge is 0.316 e. The Balaban J connectivity index is 1.69. The highest BCUT2D eigenvalue weighted by molar-refractivity contribution is 8.00. The summed E-state index contributed by atoms with van der Waals surface area (Å²) in [7, 11) is 0. The molecule has 2 aromatic rings. The molecule has 1 N–H and O–H groups in total. The zero-order valence-corrected chi connectivity index (χ0v) is 15.8. The molecular weight excluding hydrogens is 364 g/mol. The maximum absolute atomic E-state index is 11.8. The van der Waals surface area contributed by atoms with E-state index in [0.29, 0.717) is 18.7 Å². The quantitative estimate of drug-likeness (QED) is 0.526. The molecule has 0 saturated carbocycles. The van der Waals surface area contributed by atoms with Crippen molar-refractivity contribution in [2.45, 2.75) is 18.2 Å². The minimum Gasteiger partial charge on any atom is -0.494 e. The molecule has 0 aromatic heterocycles. The fraction of sp³-hybridized carbons (Fsp3) is 0.250. The molecule has 0 radical (unpaired) electrons. The van der Waals surface area contributed by atoms with E-state index in [1.807, 2.05) is 31.2 Å². The highest BCUT2D eigenvalue weighted by Gasteiger charge is 2.09. The first kappa shape index (κ1) is 20.3. The van der Waals surface area contributed by atoms with Crippen molar-refractivity contribution in [1.29, 1.82) is 5.26 Å². The Bertz CT molecular complexity index is 798. The van der Waals surface area contributed by atoms with E-state index in [2.05, 4.69) is 11.4 Å². The topological polar surface area (TPSA) is 88.4 Å². The van der Waals surface area contributed by atoms with Gasteiger partial charge >= 0.3 is 5.97 Å². The third kappa shape index (κ3) is 7.42. The third-order valence-corrected chi connectivity index (χ3v) is 4.36. The van der Waals surface area contributed by atoms with Gasteiger partial charge in [0.25, 0.3) is 5.91 Å². The van der Waals surface area contributed by atoms with E-state index in [4.69, 9.17) is 14.7 Å². The molecule has 0 atom stereocenters. The average Bonchev–Trinajstić information content (AvgIpc) is 2.68. The lowest BCUT2D eigenvalue weighted by Gasteiger charge is -2.07. The molecule has 0 heterocycles. The molecule has 2 aromatic carbocycles. The molecule has 140 valence electrons. The Morgan fingerprint density at radius 3 is 2.44 bits per heavy atom. The largest absolute Gasteiger partial charge is 0.494 e. The Morgan fingerprint density at radius 2 is 1.81 bits per heavy atom. The van der Waals surface area contributed by atoms with E-state index >= 15 is 0 Å². The summed E-state index contributed by atoms with van der Waals surface area (Å²) in [6.45, 7) is 2.17. The van der Waals surface area contributed by atoms with Crippen molar-refractivity contribution >= 4 is 29.3 Å². The number of nitrogens with one attached hydrogen (secondary N) is 1.